The lowest BCUT2D eigenvalue weighted by molar-refractivity contribution is 0.0995. The van der Waals surface area contributed by atoms with Gasteiger partial charge < -0.3 is 10.5 Å². The van der Waals surface area contributed by atoms with Crippen LogP contribution in [0, 0.1) is 0 Å². The van der Waals surface area contributed by atoms with Gasteiger partial charge in [0.05, 0.1) is 13.2 Å². The van der Waals surface area contributed by atoms with Gasteiger partial charge in [-0.1, -0.05) is 11.3 Å². The van der Waals surface area contributed by atoms with Gasteiger partial charge in [0.1, 0.15) is 10.7 Å². The second-order valence-corrected chi connectivity index (χ2v) is 6.57. The van der Waals surface area contributed by atoms with E-state index >= 15 is 0 Å². The number of hydrogen-bond donors (Lipinski definition) is 2. The molecule has 1 saturated heterocycles. The molecule has 2 aromatic rings. The van der Waals surface area contributed by atoms with Crippen LogP contribution < -0.4 is 10.5 Å². The van der Waals surface area contributed by atoms with E-state index in [4.69, 9.17) is 10.5 Å². The van der Waals surface area contributed by atoms with Crippen LogP contribution in [0.4, 0.5) is 0 Å². The van der Waals surface area contributed by atoms with Crippen molar-refractivity contribution in [1.29, 1.82) is 0 Å². The molecule has 1 aliphatic rings. The Morgan fingerprint density at radius 3 is 3.17 bits per heavy atom. The van der Waals surface area contributed by atoms with Gasteiger partial charge in [-0.2, -0.15) is 5.10 Å². The third-order valence-corrected chi connectivity index (χ3v) is 4.69. The van der Waals surface area contributed by atoms with Gasteiger partial charge in [0.15, 0.2) is 0 Å². The van der Waals surface area contributed by atoms with Crippen molar-refractivity contribution in [2.24, 2.45) is 5.73 Å². The Morgan fingerprint density at radius 2 is 2.43 bits per heavy atom. The maximum absolute atomic E-state index is 11.2. The van der Waals surface area contributed by atoms with Crippen LogP contribution in [0.5, 0.6) is 5.19 Å². The number of nitrogens with one attached hydrogen (secondary N) is 1. The summed E-state index contributed by atoms with van der Waals surface area (Å²) in [5.74, 6) is -0.180. The van der Waals surface area contributed by atoms with Gasteiger partial charge in [-0.3, -0.25) is 14.8 Å². The lowest BCUT2D eigenvalue weighted by Crippen LogP contribution is -2.34. The van der Waals surface area contributed by atoms with Crippen LogP contribution in [0.2, 0.25) is 0 Å². The number of carbonyl (C=O) groups excluding carboxylic acids is 1. The third-order valence-electron chi connectivity index (χ3n) is 3.87. The lowest BCUT2D eigenvalue weighted by atomic mass is 9.94. The van der Waals surface area contributed by atoms with Gasteiger partial charge >= 0.3 is 0 Å². The van der Waals surface area contributed by atoms with Crippen LogP contribution in [0.25, 0.3) is 0 Å². The second kappa shape index (κ2) is 7.05. The van der Waals surface area contributed by atoms with Gasteiger partial charge in [-0.25, -0.2) is 0 Å². The van der Waals surface area contributed by atoms with E-state index in [-0.39, 0.29) is 0 Å². The summed E-state index contributed by atoms with van der Waals surface area (Å²) in [6.45, 7) is 5.21. The highest BCUT2D eigenvalue weighted by Crippen LogP contribution is 2.28. The molecular formula is C14H20N6O2S. The first kappa shape index (κ1) is 15.9. The van der Waals surface area contributed by atoms with E-state index in [9.17, 15) is 4.79 Å². The zero-order chi connectivity index (χ0) is 16.2. The largest absolute Gasteiger partial charge is 0.469 e. The van der Waals surface area contributed by atoms with Crippen molar-refractivity contribution in [3.8, 4) is 5.19 Å². The minimum atomic E-state index is -0.502. The lowest BCUT2D eigenvalue weighted by Gasteiger charge is -2.31. The molecule has 8 nitrogen and oxygen atoms in total. The van der Waals surface area contributed by atoms with E-state index in [1.54, 1.807) is 6.07 Å². The molecule has 1 amide bonds. The van der Waals surface area contributed by atoms with Crippen molar-refractivity contribution < 1.29 is 9.53 Å². The molecule has 124 valence electrons. The van der Waals surface area contributed by atoms with Crippen molar-refractivity contribution in [3.05, 3.63) is 22.5 Å². The molecule has 1 aliphatic heterocycles. The third kappa shape index (κ3) is 3.85. The van der Waals surface area contributed by atoms with Crippen LogP contribution >= 0.6 is 11.3 Å². The maximum Gasteiger partial charge on any atom is 0.294 e. The van der Waals surface area contributed by atoms with E-state index < -0.39 is 5.91 Å². The normalized spacial score (nSPS) is 18.9. The van der Waals surface area contributed by atoms with Gasteiger partial charge in [0.25, 0.3) is 11.1 Å². The van der Waals surface area contributed by atoms with Crippen molar-refractivity contribution in [2.45, 2.75) is 32.2 Å². The standard InChI is InChI=1S/C14H20N6O2S/c1-2-22-14-19-18-12(23-14)8-20-5-3-4-9(7-20)10-6-11(13(15)21)17-16-10/h6,9H,2-5,7-8H2,1H3,(H2,15,21)(H,16,17)/t9-/m1/s1. The molecule has 0 aliphatic carbocycles. The summed E-state index contributed by atoms with van der Waals surface area (Å²) in [6, 6.07) is 1.76. The van der Waals surface area contributed by atoms with Crippen LogP contribution in [0.15, 0.2) is 6.07 Å². The topological polar surface area (TPSA) is 110 Å². The van der Waals surface area contributed by atoms with Gasteiger partial charge in [0, 0.05) is 18.2 Å². The Labute approximate surface area is 138 Å². The Balaban J connectivity index is 1.61. The number of ether oxygens (including phenoxy) is 1. The fraction of sp³-hybridized carbons (Fsp3) is 0.571. The van der Waals surface area contributed by atoms with Crippen LogP contribution in [0.1, 0.15) is 46.9 Å². The molecule has 0 aromatic carbocycles. The molecule has 1 fully saturated rings. The number of hydrogen-bond acceptors (Lipinski definition) is 7. The maximum atomic E-state index is 11.2. The molecule has 23 heavy (non-hydrogen) atoms. The van der Waals surface area contributed by atoms with E-state index in [2.05, 4.69) is 25.3 Å². The molecule has 2 aromatic heterocycles. The molecule has 9 heteroatoms. The molecular weight excluding hydrogens is 316 g/mol. The zero-order valence-corrected chi connectivity index (χ0v) is 13.8. The number of piperidine rings is 1. The minimum absolute atomic E-state index is 0.294. The number of aromatic amines is 1. The van der Waals surface area contributed by atoms with Crippen molar-refractivity contribution in [2.75, 3.05) is 19.7 Å². The molecule has 0 bridgehead atoms. The number of aromatic nitrogens is 4. The summed E-state index contributed by atoms with van der Waals surface area (Å²) in [5, 5.41) is 16.7. The van der Waals surface area contributed by atoms with Crippen molar-refractivity contribution >= 4 is 17.2 Å². The van der Waals surface area contributed by atoms with E-state index in [1.165, 1.54) is 11.3 Å². The van der Waals surface area contributed by atoms with E-state index in [0.717, 1.165) is 43.2 Å². The van der Waals surface area contributed by atoms with E-state index in [1.807, 2.05) is 6.92 Å². The number of amides is 1. The number of rotatable bonds is 6. The highest BCUT2D eigenvalue weighted by Gasteiger charge is 2.24. The minimum Gasteiger partial charge on any atom is -0.469 e. The van der Waals surface area contributed by atoms with Gasteiger partial charge in [-0.05, 0) is 32.4 Å². The first-order chi connectivity index (χ1) is 11.2. The quantitative estimate of drug-likeness (QED) is 0.818. The number of likely N-dealkylation sites (tertiary alicyclic amines) is 1. The van der Waals surface area contributed by atoms with Crippen LogP contribution in [-0.4, -0.2) is 50.9 Å². The first-order valence-corrected chi connectivity index (χ1v) is 8.50. The monoisotopic (exact) mass is 336 g/mol. The van der Waals surface area contributed by atoms with Crippen LogP contribution in [-0.2, 0) is 6.54 Å². The Bertz CT molecular complexity index is 670. The predicted molar refractivity (Wildman–Crippen MR) is 85.4 cm³/mol. The highest BCUT2D eigenvalue weighted by molar-refractivity contribution is 7.13. The molecule has 1 atom stereocenters. The summed E-state index contributed by atoms with van der Waals surface area (Å²) >= 11 is 1.49. The van der Waals surface area contributed by atoms with Crippen molar-refractivity contribution in [1.82, 2.24) is 25.3 Å². The highest BCUT2D eigenvalue weighted by atomic mass is 32.1. The summed E-state index contributed by atoms with van der Waals surface area (Å²) in [5.41, 5.74) is 6.52. The molecule has 3 rings (SSSR count). The number of carbonyl (C=O) groups is 1. The SMILES string of the molecule is CCOc1nnc(CN2CCC[C@@H](c3cc(C(N)=O)n[nH]3)C2)s1. The Morgan fingerprint density at radius 1 is 1.57 bits per heavy atom. The van der Waals surface area contributed by atoms with Gasteiger partial charge in [0.2, 0.25) is 0 Å². The summed E-state index contributed by atoms with van der Waals surface area (Å²) < 4.78 is 5.36. The summed E-state index contributed by atoms with van der Waals surface area (Å²) in [7, 11) is 0. The number of primary amides is 1. The summed E-state index contributed by atoms with van der Waals surface area (Å²) in [6.07, 6.45) is 2.16. The molecule has 0 unspecified atom stereocenters. The first-order valence-electron chi connectivity index (χ1n) is 7.68. The Hall–Kier alpha value is -2.00. The zero-order valence-electron chi connectivity index (χ0n) is 13.0. The van der Waals surface area contributed by atoms with E-state index in [0.29, 0.717) is 23.4 Å². The molecule has 3 N–H and O–H groups in total. The van der Waals surface area contributed by atoms with Crippen LogP contribution in [0.3, 0.4) is 0 Å². The number of nitrogens with two attached hydrogens (primary N) is 1. The second-order valence-electron chi connectivity index (χ2n) is 5.54. The average Bonchev–Trinajstić information content (AvgIpc) is 3.17. The summed E-state index contributed by atoms with van der Waals surface area (Å²) in [4.78, 5) is 13.5. The number of nitrogens with zero attached hydrogens (tertiary/aromatic N) is 4. The van der Waals surface area contributed by atoms with Gasteiger partial charge in [-0.15, -0.1) is 10.2 Å². The fourth-order valence-corrected chi connectivity index (χ4v) is 3.59. The Kier molecular flexibility index (Phi) is 4.87. The number of H-pyrrole nitrogens is 1. The molecule has 0 spiro atoms. The molecule has 0 saturated carbocycles. The van der Waals surface area contributed by atoms with Crippen molar-refractivity contribution in [3.63, 3.8) is 0 Å². The predicted octanol–water partition coefficient (Wildman–Crippen LogP) is 1.14. The fourth-order valence-electron chi connectivity index (χ4n) is 2.80. The smallest absolute Gasteiger partial charge is 0.294 e. The molecule has 3 heterocycles. The average molecular weight is 336 g/mol. The molecule has 0 radical (unpaired) electrons.